The van der Waals surface area contributed by atoms with Crippen molar-refractivity contribution in [3.8, 4) is 0 Å². The number of rotatable bonds is 4. The molecule has 6 nitrogen and oxygen atoms in total. The number of anilines is 1. The van der Waals surface area contributed by atoms with E-state index in [2.05, 4.69) is 23.5 Å². The van der Waals surface area contributed by atoms with E-state index in [-0.39, 0.29) is 11.2 Å². The average Bonchev–Trinajstić information content (AvgIpc) is 3.23. The van der Waals surface area contributed by atoms with Crippen molar-refractivity contribution in [2.75, 3.05) is 11.4 Å². The topological polar surface area (TPSA) is 56.0 Å². The Bertz CT molecular complexity index is 776. The van der Waals surface area contributed by atoms with Crippen LogP contribution in [0.3, 0.4) is 0 Å². The molecule has 2 aliphatic rings. The summed E-state index contributed by atoms with van der Waals surface area (Å²) in [7, 11) is 1.88. The van der Waals surface area contributed by atoms with Gasteiger partial charge in [0.2, 0.25) is 5.91 Å². The number of carbonyl (C=O) groups excluding carboxylic acids is 1. The first-order chi connectivity index (χ1) is 11.5. The van der Waals surface area contributed by atoms with E-state index >= 15 is 0 Å². The van der Waals surface area contributed by atoms with Gasteiger partial charge in [-0.05, 0) is 39.5 Å². The highest BCUT2D eigenvalue weighted by molar-refractivity contribution is 8.00. The summed E-state index contributed by atoms with van der Waals surface area (Å²) in [4.78, 5) is 19.6. The predicted molar refractivity (Wildman–Crippen MR) is 94.4 cm³/mol. The number of thioether (sulfide) groups is 1. The fraction of sp³-hybridized carbons (Fsp3) is 0.588. The molecule has 3 heterocycles. The number of piperidine rings is 1. The third-order valence-electron chi connectivity index (χ3n) is 4.91. The fourth-order valence-electron chi connectivity index (χ4n) is 3.32. The molecule has 0 radical (unpaired) electrons. The summed E-state index contributed by atoms with van der Waals surface area (Å²) in [6.07, 6.45) is 8.06. The van der Waals surface area contributed by atoms with E-state index < -0.39 is 0 Å². The number of imidazole rings is 1. The van der Waals surface area contributed by atoms with E-state index in [4.69, 9.17) is 4.98 Å². The zero-order valence-corrected chi connectivity index (χ0v) is 15.2. The summed E-state index contributed by atoms with van der Waals surface area (Å²) in [5.74, 6) is 0.180. The van der Waals surface area contributed by atoms with Crippen LogP contribution in [0, 0.1) is 13.8 Å². The highest BCUT2D eigenvalue weighted by atomic mass is 32.2. The minimum Gasteiger partial charge on any atom is -0.320 e. The number of hydrogen-bond donors (Lipinski definition) is 0. The van der Waals surface area contributed by atoms with Gasteiger partial charge in [0, 0.05) is 31.5 Å². The van der Waals surface area contributed by atoms with Gasteiger partial charge in [0.15, 0.2) is 5.16 Å². The Balaban J connectivity index is 1.56. The number of aryl methyl sites for hydroxylation is 2. The molecule has 1 saturated carbocycles. The van der Waals surface area contributed by atoms with Crippen LogP contribution in [0.2, 0.25) is 0 Å². The maximum atomic E-state index is 13.0. The van der Waals surface area contributed by atoms with Crippen LogP contribution < -0.4 is 4.90 Å². The minimum absolute atomic E-state index is 0.0577. The Morgan fingerprint density at radius 2 is 2.04 bits per heavy atom. The monoisotopic (exact) mass is 345 g/mol. The molecule has 2 aromatic rings. The number of aromatic nitrogens is 4. The van der Waals surface area contributed by atoms with Crippen molar-refractivity contribution in [2.45, 2.75) is 56.0 Å². The maximum Gasteiger partial charge on any atom is 0.240 e. The molecule has 0 aromatic carbocycles. The van der Waals surface area contributed by atoms with Crippen LogP contribution in [0.25, 0.3) is 0 Å². The minimum atomic E-state index is -0.0577. The average molecular weight is 345 g/mol. The lowest BCUT2D eigenvalue weighted by Crippen LogP contribution is -2.43. The molecule has 1 aliphatic carbocycles. The Morgan fingerprint density at radius 3 is 2.71 bits per heavy atom. The van der Waals surface area contributed by atoms with Gasteiger partial charge in [-0.25, -0.2) is 4.98 Å². The largest absolute Gasteiger partial charge is 0.320 e. The molecule has 128 valence electrons. The van der Waals surface area contributed by atoms with Gasteiger partial charge in [0.05, 0.1) is 22.8 Å². The summed E-state index contributed by atoms with van der Waals surface area (Å²) >= 11 is 1.64. The van der Waals surface area contributed by atoms with E-state index in [0.29, 0.717) is 6.04 Å². The van der Waals surface area contributed by atoms with Gasteiger partial charge in [-0.2, -0.15) is 5.10 Å². The molecular formula is C17H23N5OS. The second kappa shape index (κ2) is 5.95. The number of amides is 1. The van der Waals surface area contributed by atoms with Gasteiger partial charge in [-0.3, -0.25) is 9.48 Å². The first kappa shape index (κ1) is 15.7. The third-order valence-corrected chi connectivity index (χ3v) is 6.13. The van der Waals surface area contributed by atoms with Crippen molar-refractivity contribution in [3.05, 3.63) is 23.8 Å². The lowest BCUT2D eigenvalue weighted by Gasteiger charge is -2.30. The van der Waals surface area contributed by atoms with E-state index in [1.807, 2.05) is 18.1 Å². The van der Waals surface area contributed by atoms with E-state index in [1.165, 1.54) is 18.5 Å². The zero-order valence-electron chi connectivity index (χ0n) is 14.4. The first-order valence-electron chi connectivity index (χ1n) is 8.56. The summed E-state index contributed by atoms with van der Waals surface area (Å²) < 4.78 is 4.09. The van der Waals surface area contributed by atoms with Crippen molar-refractivity contribution in [1.29, 1.82) is 0 Å². The normalized spacial score (nSPS) is 21.5. The maximum absolute atomic E-state index is 13.0. The zero-order chi connectivity index (χ0) is 16.8. The predicted octanol–water partition coefficient (Wildman–Crippen LogP) is 2.86. The van der Waals surface area contributed by atoms with Gasteiger partial charge in [-0.15, -0.1) is 0 Å². The standard InChI is InChI=1S/C17H23N5OS/c1-11-12(2)22(13-6-7-13)17(19-11)24-15-5-4-8-21(16(15)23)14-9-18-20(3)10-14/h9-10,13,15H,4-8H2,1-3H3/t15-/m1/s1. The van der Waals surface area contributed by atoms with Gasteiger partial charge in [0.25, 0.3) is 0 Å². The number of carbonyl (C=O) groups is 1. The van der Waals surface area contributed by atoms with E-state index in [1.54, 1.807) is 22.6 Å². The molecule has 1 saturated heterocycles. The molecule has 0 spiro atoms. The van der Waals surface area contributed by atoms with E-state index in [9.17, 15) is 4.79 Å². The van der Waals surface area contributed by atoms with Crippen LogP contribution in [0.15, 0.2) is 17.6 Å². The van der Waals surface area contributed by atoms with Crippen molar-refractivity contribution in [1.82, 2.24) is 19.3 Å². The fourth-order valence-corrected chi connectivity index (χ4v) is 4.68. The summed E-state index contributed by atoms with van der Waals surface area (Å²) in [5, 5.41) is 5.15. The molecule has 0 bridgehead atoms. The number of nitrogens with zero attached hydrogens (tertiary/aromatic N) is 5. The van der Waals surface area contributed by atoms with Crippen molar-refractivity contribution >= 4 is 23.4 Å². The smallest absolute Gasteiger partial charge is 0.240 e. The van der Waals surface area contributed by atoms with Gasteiger partial charge >= 0.3 is 0 Å². The molecule has 1 atom stereocenters. The molecule has 1 aliphatic heterocycles. The molecule has 24 heavy (non-hydrogen) atoms. The lowest BCUT2D eigenvalue weighted by atomic mass is 10.1. The van der Waals surface area contributed by atoms with E-state index in [0.717, 1.165) is 35.9 Å². The van der Waals surface area contributed by atoms with Crippen molar-refractivity contribution < 1.29 is 4.79 Å². The molecule has 4 rings (SSSR count). The Kier molecular flexibility index (Phi) is 3.90. The summed E-state index contributed by atoms with van der Waals surface area (Å²) in [6, 6.07) is 0.585. The van der Waals surface area contributed by atoms with Crippen LogP contribution in [-0.2, 0) is 11.8 Å². The molecule has 2 aromatic heterocycles. The van der Waals surface area contributed by atoms with Crippen molar-refractivity contribution in [2.24, 2.45) is 7.05 Å². The molecular weight excluding hydrogens is 322 g/mol. The Labute approximate surface area is 146 Å². The Morgan fingerprint density at radius 1 is 1.25 bits per heavy atom. The van der Waals surface area contributed by atoms with Crippen molar-refractivity contribution in [3.63, 3.8) is 0 Å². The van der Waals surface area contributed by atoms with Gasteiger partial charge in [-0.1, -0.05) is 11.8 Å². The summed E-state index contributed by atoms with van der Waals surface area (Å²) in [6.45, 7) is 4.97. The SMILES string of the molecule is Cc1nc(S[C@@H]2CCCN(c3cnn(C)c3)C2=O)n(C2CC2)c1C. The molecule has 0 unspecified atom stereocenters. The van der Waals surface area contributed by atoms with Crippen LogP contribution in [0.4, 0.5) is 5.69 Å². The van der Waals surface area contributed by atoms with Crippen LogP contribution in [0.5, 0.6) is 0 Å². The molecule has 0 N–H and O–H groups in total. The number of hydrogen-bond acceptors (Lipinski definition) is 4. The van der Waals surface area contributed by atoms with Gasteiger partial charge < -0.3 is 9.47 Å². The summed E-state index contributed by atoms with van der Waals surface area (Å²) in [5.41, 5.74) is 3.22. The van der Waals surface area contributed by atoms with Gasteiger partial charge in [0.1, 0.15) is 0 Å². The first-order valence-corrected chi connectivity index (χ1v) is 9.44. The highest BCUT2D eigenvalue weighted by Gasteiger charge is 2.34. The second-order valence-electron chi connectivity index (χ2n) is 6.78. The van der Waals surface area contributed by atoms with Crippen LogP contribution in [0.1, 0.15) is 43.1 Å². The quantitative estimate of drug-likeness (QED) is 0.855. The molecule has 7 heteroatoms. The molecule has 1 amide bonds. The Hall–Kier alpha value is -1.76. The second-order valence-corrected chi connectivity index (χ2v) is 7.95. The third kappa shape index (κ3) is 2.75. The highest BCUT2D eigenvalue weighted by Crippen LogP contribution is 2.42. The van der Waals surface area contributed by atoms with Crippen LogP contribution >= 0.6 is 11.8 Å². The lowest BCUT2D eigenvalue weighted by molar-refractivity contribution is -0.119. The molecule has 2 fully saturated rings. The van der Waals surface area contributed by atoms with Crippen LogP contribution in [-0.4, -0.2) is 37.0 Å².